The molecule has 3 aliphatic heterocycles. The molecule has 1 unspecified atom stereocenters. The Kier molecular flexibility index (Phi) is 5.87. The summed E-state index contributed by atoms with van der Waals surface area (Å²) < 4.78 is 5.56. The molecule has 0 bridgehead atoms. The molecule has 8 nitrogen and oxygen atoms in total. The molecule has 3 aromatic carbocycles. The van der Waals surface area contributed by atoms with E-state index in [-0.39, 0.29) is 36.7 Å². The molecule has 3 amide bonds. The Morgan fingerprint density at radius 1 is 0.892 bits per heavy atom. The number of rotatable bonds is 5. The number of anilines is 2. The smallest absolute Gasteiger partial charge is 0.309 e. The topological polar surface area (TPSA) is 96.0 Å². The van der Waals surface area contributed by atoms with Gasteiger partial charge in [-0.3, -0.25) is 29.4 Å². The van der Waals surface area contributed by atoms with Crippen molar-refractivity contribution in [3.05, 3.63) is 71.8 Å². The summed E-state index contributed by atoms with van der Waals surface area (Å²) in [4.78, 5) is 54.0. The number of nitrogens with zero attached hydrogens (tertiary/aromatic N) is 2. The summed E-state index contributed by atoms with van der Waals surface area (Å²) in [5.74, 6) is -1.25. The van der Waals surface area contributed by atoms with Crippen LogP contribution in [0.1, 0.15) is 41.6 Å². The molecular weight excluding hydrogens is 470 g/mol. The molecule has 0 spiro atoms. The summed E-state index contributed by atoms with van der Waals surface area (Å²) in [5.41, 5.74) is 3.25. The minimum atomic E-state index is -0.704. The summed E-state index contributed by atoms with van der Waals surface area (Å²) in [7, 11) is 0. The monoisotopic (exact) mass is 497 g/mol. The minimum Gasteiger partial charge on any atom is -0.461 e. The van der Waals surface area contributed by atoms with E-state index >= 15 is 0 Å². The molecule has 0 aromatic heterocycles. The third-order valence-corrected chi connectivity index (χ3v) is 7.62. The van der Waals surface area contributed by atoms with Crippen molar-refractivity contribution in [1.82, 2.24) is 5.32 Å². The van der Waals surface area contributed by atoms with E-state index in [1.165, 1.54) is 4.90 Å². The second-order valence-electron chi connectivity index (χ2n) is 9.83. The highest BCUT2D eigenvalue weighted by Crippen LogP contribution is 2.44. The Labute approximate surface area is 214 Å². The van der Waals surface area contributed by atoms with Crippen LogP contribution in [0.2, 0.25) is 0 Å². The highest BCUT2D eigenvalue weighted by molar-refractivity contribution is 6.28. The second kappa shape index (κ2) is 9.35. The minimum absolute atomic E-state index is 0.138. The van der Waals surface area contributed by atoms with Gasteiger partial charge in [-0.2, -0.15) is 0 Å². The summed E-state index contributed by atoms with van der Waals surface area (Å²) >= 11 is 0. The molecule has 1 atom stereocenters. The van der Waals surface area contributed by atoms with Gasteiger partial charge >= 0.3 is 5.97 Å². The number of benzene rings is 3. The predicted octanol–water partition coefficient (Wildman–Crippen LogP) is 3.57. The summed E-state index contributed by atoms with van der Waals surface area (Å²) in [6.45, 7) is 1.69. The molecule has 37 heavy (non-hydrogen) atoms. The average Bonchev–Trinajstić information content (AvgIpc) is 3.21. The number of esters is 1. The fourth-order valence-electron chi connectivity index (χ4n) is 5.71. The third-order valence-electron chi connectivity index (χ3n) is 7.62. The van der Waals surface area contributed by atoms with Crippen molar-refractivity contribution in [2.45, 2.75) is 38.3 Å². The number of hydrogen-bond donors (Lipinski definition) is 1. The maximum absolute atomic E-state index is 13.4. The van der Waals surface area contributed by atoms with Gasteiger partial charge in [0.15, 0.2) is 0 Å². The largest absolute Gasteiger partial charge is 0.461 e. The fraction of sp³-hybridized carbons (Fsp3) is 0.310. The first-order chi connectivity index (χ1) is 18.0. The molecule has 0 radical (unpaired) electrons. The van der Waals surface area contributed by atoms with Crippen LogP contribution < -0.4 is 15.1 Å². The summed E-state index contributed by atoms with van der Waals surface area (Å²) in [5, 5.41) is 4.14. The van der Waals surface area contributed by atoms with Gasteiger partial charge in [0.2, 0.25) is 11.8 Å². The van der Waals surface area contributed by atoms with E-state index in [2.05, 4.69) is 10.2 Å². The van der Waals surface area contributed by atoms with Gasteiger partial charge in [-0.25, -0.2) is 0 Å². The van der Waals surface area contributed by atoms with Gasteiger partial charge in [0.1, 0.15) is 12.6 Å². The van der Waals surface area contributed by atoms with E-state index in [0.717, 1.165) is 22.0 Å². The number of imide groups is 1. The molecule has 0 saturated carbocycles. The first kappa shape index (κ1) is 23.2. The predicted molar refractivity (Wildman–Crippen MR) is 138 cm³/mol. The Morgan fingerprint density at radius 2 is 1.65 bits per heavy atom. The van der Waals surface area contributed by atoms with E-state index in [0.29, 0.717) is 43.6 Å². The third kappa shape index (κ3) is 4.12. The van der Waals surface area contributed by atoms with Gasteiger partial charge in [-0.05, 0) is 43.0 Å². The van der Waals surface area contributed by atoms with E-state index in [1.54, 1.807) is 6.07 Å². The number of amides is 3. The van der Waals surface area contributed by atoms with E-state index in [9.17, 15) is 19.2 Å². The number of piperidine rings is 2. The van der Waals surface area contributed by atoms with Crippen LogP contribution in [-0.4, -0.2) is 42.8 Å². The lowest BCUT2D eigenvalue weighted by molar-refractivity contribution is -0.150. The van der Waals surface area contributed by atoms with Gasteiger partial charge < -0.3 is 9.64 Å². The van der Waals surface area contributed by atoms with Crippen molar-refractivity contribution >= 4 is 45.8 Å². The van der Waals surface area contributed by atoms with E-state index < -0.39 is 11.9 Å². The Morgan fingerprint density at radius 3 is 2.41 bits per heavy atom. The molecular formula is C29H27N3O5. The Hall–Kier alpha value is -4.20. The van der Waals surface area contributed by atoms with Crippen LogP contribution in [0.4, 0.5) is 11.4 Å². The summed E-state index contributed by atoms with van der Waals surface area (Å²) in [6.07, 6.45) is 1.90. The van der Waals surface area contributed by atoms with E-state index in [4.69, 9.17) is 4.74 Å². The maximum atomic E-state index is 13.4. The van der Waals surface area contributed by atoms with Crippen LogP contribution in [0.15, 0.2) is 60.7 Å². The Balaban J connectivity index is 1.20. The number of ether oxygens (including phenoxy) is 1. The number of carbonyl (C=O) groups excluding carboxylic acids is 4. The average molecular weight is 498 g/mol. The molecule has 3 aromatic rings. The first-order valence-electron chi connectivity index (χ1n) is 12.7. The van der Waals surface area contributed by atoms with Crippen molar-refractivity contribution < 1.29 is 23.9 Å². The van der Waals surface area contributed by atoms with Crippen LogP contribution in [-0.2, 0) is 25.7 Å². The zero-order chi connectivity index (χ0) is 25.5. The molecule has 0 aliphatic carbocycles. The lowest BCUT2D eigenvalue weighted by Crippen LogP contribution is -2.53. The molecule has 6 rings (SSSR count). The van der Waals surface area contributed by atoms with Gasteiger partial charge in [-0.15, -0.1) is 0 Å². The molecule has 2 fully saturated rings. The molecule has 1 N–H and O–H groups in total. The van der Waals surface area contributed by atoms with Crippen LogP contribution in [0.3, 0.4) is 0 Å². The Bertz CT molecular complexity index is 1410. The second-order valence-corrected chi connectivity index (χ2v) is 9.83. The number of carbonyl (C=O) groups is 4. The van der Waals surface area contributed by atoms with Crippen molar-refractivity contribution in [3.8, 4) is 0 Å². The van der Waals surface area contributed by atoms with Crippen molar-refractivity contribution in [2.24, 2.45) is 5.92 Å². The zero-order valence-corrected chi connectivity index (χ0v) is 20.3. The molecule has 3 heterocycles. The number of nitrogens with one attached hydrogen (secondary N) is 1. The number of hydrogen-bond acceptors (Lipinski definition) is 6. The molecule has 3 aliphatic rings. The van der Waals surface area contributed by atoms with Crippen LogP contribution >= 0.6 is 0 Å². The van der Waals surface area contributed by atoms with Gasteiger partial charge in [-0.1, -0.05) is 42.5 Å². The van der Waals surface area contributed by atoms with Gasteiger partial charge in [0.25, 0.3) is 5.91 Å². The van der Waals surface area contributed by atoms with Crippen LogP contribution in [0.5, 0.6) is 0 Å². The first-order valence-corrected chi connectivity index (χ1v) is 12.7. The van der Waals surface area contributed by atoms with Crippen molar-refractivity contribution in [3.63, 3.8) is 0 Å². The highest BCUT2D eigenvalue weighted by atomic mass is 16.5. The standard InChI is InChI=1S/C29H27N3O5/c33-25-12-11-24(27(34)30-25)32-23-10-9-22(20-7-4-8-21(26(20)23)28(32)35)31-15-13-19(14-16-31)29(36)37-17-18-5-2-1-3-6-18/h1-10,19,24H,11-17H2,(H,30,33,34). The van der Waals surface area contributed by atoms with Gasteiger partial charge in [0, 0.05) is 41.5 Å². The van der Waals surface area contributed by atoms with Crippen LogP contribution in [0, 0.1) is 5.92 Å². The highest BCUT2D eigenvalue weighted by Gasteiger charge is 2.41. The normalized spacial score (nSPS) is 19.9. The van der Waals surface area contributed by atoms with E-state index in [1.807, 2.05) is 54.6 Å². The lowest BCUT2D eigenvalue weighted by Gasteiger charge is -2.34. The maximum Gasteiger partial charge on any atom is 0.309 e. The van der Waals surface area contributed by atoms with Crippen LogP contribution in [0.25, 0.3) is 10.8 Å². The van der Waals surface area contributed by atoms with Crippen molar-refractivity contribution in [1.29, 1.82) is 0 Å². The molecule has 188 valence electrons. The zero-order valence-electron chi connectivity index (χ0n) is 20.3. The lowest BCUT2D eigenvalue weighted by atomic mass is 9.95. The van der Waals surface area contributed by atoms with Gasteiger partial charge in [0.05, 0.1) is 11.6 Å². The summed E-state index contributed by atoms with van der Waals surface area (Å²) in [6, 6.07) is 18.5. The van der Waals surface area contributed by atoms with Crippen molar-refractivity contribution in [2.75, 3.05) is 22.9 Å². The molecule has 2 saturated heterocycles. The quantitative estimate of drug-likeness (QED) is 0.428. The molecule has 8 heteroatoms. The fourth-order valence-corrected chi connectivity index (χ4v) is 5.71. The SMILES string of the molecule is O=C1CCC(N2C(=O)c3cccc4c(N5CCC(C(=O)OCc6ccccc6)CC5)ccc2c34)C(=O)N1.